The first-order valence-corrected chi connectivity index (χ1v) is 7.86. The lowest BCUT2D eigenvalue weighted by molar-refractivity contribution is -0.117. The maximum atomic E-state index is 12.6. The number of nitrogens with two attached hydrogens (primary N) is 1. The van der Waals surface area contributed by atoms with Gasteiger partial charge >= 0.3 is 0 Å². The van der Waals surface area contributed by atoms with E-state index in [0.29, 0.717) is 28.4 Å². The molecule has 2 heterocycles. The molecule has 1 amide bonds. The average Bonchev–Trinajstić information content (AvgIpc) is 2.95. The largest absolute Gasteiger partial charge is 0.369 e. The van der Waals surface area contributed by atoms with E-state index >= 15 is 0 Å². The minimum atomic E-state index is -0.457. The van der Waals surface area contributed by atoms with Gasteiger partial charge in [-0.2, -0.15) is 0 Å². The molecule has 0 radical (unpaired) electrons. The fourth-order valence-corrected chi connectivity index (χ4v) is 3.13. The third-order valence-corrected chi connectivity index (χ3v) is 4.53. The lowest BCUT2D eigenvalue weighted by atomic mass is 10.2. The summed E-state index contributed by atoms with van der Waals surface area (Å²) in [5.41, 5.74) is 5.86. The Morgan fingerprint density at radius 2 is 2.17 bits per heavy atom. The zero-order chi connectivity index (χ0) is 16.6. The van der Waals surface area contributed by atoms with Crippen LogP contribution in [0.15, 0.2) is 46.9 Å². The summed E-state index contributed by atoms with van der Waals surface area (Å²) in [5.74, 6) is -0.0248. The van der Waals surface area contributed by atoms with Crippen molar-refractivity contribution in [3.63, 3.8) is 0 Å². The lowest BCUT2D eigenvalue weighted by Gasteiger charge is -2.10. The van der Waals surface area contributed by atoms with Crippen LogP contribution in [0.1, 0.15) is 6.92 Å². The number of hydrogen-bond acceptors (Lipinski definition) is 5. The molecule has 7 nitrogen and oxygen atoms in total. The van der Waals surface area contributed by atoms with Crippen LogP contribution in [0.5, 0.6) is 0 Å². The van der Waals surface area contributed by atoms with Crippen molar-refractivity contribution in [3.05, 3.63) is 47.3 Å². The first kappa shape index (κ1) is 15.3. The topological polar surface area (TPSA) is 95.3 Å². The van der Waals surface area contributed by atoms with E-state index in [-0.39, 0.29) is 5.56 Å². The van der Waals surface area contributed by atoms with Gasteiger partial charge in [0.05, 0.1) is 16.2 Å². The van der Waals surface area contributed by atoms with E-state index in [0.717, 1.165) is 0 Å². The molecule has 0 aliphatic rings. The number of aromatic nitrogens is 4. The highest BCUT2D eigenvalue weighted by Gasteiger charge is 2.19. The Labute approximate surface area is 135 Å². The number of carbonyl (C=O) groups excluding carboxylic acids is 1. The SMILES string of the molecule is C=CCn1c(=O)c2ccccc2n2c(S[C@H](C)C(N)=O)nnc12. The first-order chi connectivity index (χ1) is 11.0. The normalized spacial score (nSPS) is 12.6. The molecule has 0 aliphatic carbocycles. The zero-order valence-electron chi connectivity index (χ0n) is 12.5. The third kappa shape index (κ3) is 2.50. The van der Waals surface area contributed by atoms with Crippen molar-refractivity contribution in [2.24, 2.45) is 5.73 Å². The van der Waals surface area contributed by atoms with Gasteiger partial charge in [-0.25, -0.2) is 0 Å². The molecule has 0 bridgehead atoms. The smallest absolute Gasteiger partial charge is 0.263 e. The number of fused-ring (bicyclic) bond motifs is 3. The Balaban J connectivity index is 2.35. The zero-order valence-corrected chi connectivity index (χ0v) is 13.3. The molecule has 2 aromatic heterocycles. The summed E-state index contributed by atoms with van der Waals surface area (Å²) >= 11 is 1.21. The molecule has 0 spiro atoms. The maximum absolute atomic E-state index is 12.6. The molecular formula is C15H15N5O2S. The molecule has 0 fully saturated rings. The van der Waals surface area contributed by atoms with E-state index in [1.54, 1.807) is 29.5 Å². The predicted molar refractivity (Wildman–Crippen MR) is 89.5 cm³/mol. The Morgan fingerprint density at radius 3 is 2.87 bits per heavy atom. The van der Waals surface area contributed by atoms with Crippen LogP contribution in [-0.2, 0) is 11.3 Å². The van der Waals surface area contributed by atoms with Gasteiger partial charge in [0.1, 0.15) is 0 Å². The molecule has 0 saturated carbocycles. The number of rotatable bonds is 5. The second kappa shape index (κ2) is 5.88. The predicted octanol–water partition coefficient (Wildman–Crippen LogP) is 1.20. The molecule has 1 atom stereocenters. The quantitative estimate of drug-likeness (QED) is 0.560. The highest BCUT2D eigenvalue weighted by atomic mass is 32.2. The van der Waals surface area contributed by atoms with Crippen molar-refractivity contribution in [1.29, 1.82) is 0 Å². The van der Waals surface area contributed by atoms with Crippen LogP contribution >= 0.6 is 11.8 Å². The van der Waals surface area contributed by atoms with Crippen molar-refractivity contribution in [1.82, 2.24) is 19.2 Å². The second-order valence-electron chi connectivity index (χ2n) is 5.00. The monoisotopic (exact) mass is 329 g/mol. The van der Waals surface area contributed by atoms with Gasteiger partial charge in [-0.15, -0.1) is 16.8 Å². The van der Waals surface area contributed by atoms with Crippen molar-refractivity contribution in [3.8, 4) is 0 Å². The number of primary amides is 1. The summed E-state index contributed by atoms with van der Waals surface area (Å²) in [6, 6.07) is 7.22. The van der Waals surface area contributed by atoms with E-state index < -0.39 is 11.2 Å². The van der Waals surface area contributed by atoms with Crippen LogP contribution in [-0.4, -0.2) is 30.3 Å². The number of benzene rings is 1. The van der Waals surface area contributed by atoms with Crippen LogP contribution in [0.2, 0.25) is 0 Å². The summed E-state index contributed by atoms with van der Waals surface area (Å²) in [6.07, 6.45) is 1.63. The number of nitrogens with zero attached hydrogens (tertiary/aromatic N) is 4. The van der Waals surface area contributed by atoms with Crippen molar-refractivity contribution < 1.29 is 4.79 Å². The third-order valence-electron chi connectivity index (χ3n) is 3.47. The van der Waals surface area contributed by atoms with Crippen LogP contribution < -0.4 is 11.3 Å². The van der Waals surface area contributed by atoms with Crippen molar-refractivity contribution >= 4 is 34.3 Å². The fraction of sp³-hybridized carbons (Fsp3) is 0.200. The highest BCUT2D eigenvalue weighted by Crippen LogP contribution is 2.24. The van der Waals surface area contributed by atoms with Crippen LogP contribution in [0.3, 0.4) is 0 Å². The Bertz CT molecular complexity index is 975. The average molecular weight is 329 g/mol. The first-order valence-electron chi connectivity index (χ1n) is 6.98. The molecule has 0 aliphatic heterocycles. The van der Waals surface area contributed by atoms with Crippen molar-refractivity contribution in [2.75, 3.05) is 0 Å². The highest BCUT2D eigenvalue weighted by molar-refractivity contribution is 8.00. The molecule has 8 heteroatoms. The van der Waals surface area contributed by atoms with E-state index in [4.69, 9.17) is 5.73 Å². The number of amides is 1. The molecule has 1 aromatic carbocycles. The van der Waals surface area contributed by atoms with Gasteiger partial charge in [0.2, 0.25) is 11.7 Å². The standard InChI is InChI=1S/C15H15N5O2S/c1-3-8-19-13(22)10-6-4-5-7-11(10)20-14(19)17-18-15(20)23-9(2)12(16)21/h3-7,9H,1,8H2,2H3,(H2,16,21)/t9-/m1/s1. The number of hydrogen-bond donors (Lipinski definition) is 1. The minimum Gasteiger partial charge on any atom is -0.369 e. The van der Waals surface area contributed by atoms with E-state index in [1.165, 1.54) is 16.3 Å². The fourth-order valence-electron chi connectivity index (χ4n) is 2.32. The van der Waals surface area contributed by atoms with Gasteiger partial charge < -0.3 is 5.73 Å². The van der Waals surface area contributed by atoms with Crippen LogP contribution in [0, 0.1) is 0 Å². The van der Waals surface area contributed by atoms with Gasteiger partial charge in [-0.05, 0) is 19.1 Å². The molecule has 3 aromatic rings. The van der Waals surface area contributed by atoms with E-state index in [1.807, 2.05) is 12.1 Å². The van der Waals surface area contributed by atoms with Gasteiger partial charge in [0.25, 0.3) is 5.56 Å². The number of allylic oxidation sites excluding steroid dienone is 1. The Morgan fingerprint density at radius 1 is 1.43 bits per heavy atom. The van der Waals surface area contributed by atoms with Gasteiger partial charge in [-0.1, -0.05) is 30.0 Å². The number of carbonyl (C=O) groups is 1. The van der Waals surface area contributed by atoms with E-state index in [2.05, 4.69) is 16.8 Å². The molecule has 0 saturated heterocycles. The lowest BCUT2D eigenvalue weighted by Crippen LogP contribution is -2.24. The maximum Gasteiger partial charge on any atom is 0.263 e. The van der Waals surface area contributed by atoms with Gasteiger partial charge in [-0.3, -0.25) is 18.6 Å². The van der Waals surface area contributed by atoms with Gasteiger partial charge in [0.15, 0.2) is 5.16 Å². The molecule has 3 rings (SSSR count). The summed E-state index contributed by atoms with van der Waals surface area (Å²) in [6.45, 7) is 5.70. The molecule has 2 N–H and O–H groups in total. The summed E-state index contributed by atoms with van der Waals surface area (Å²) in [4.78, 5) is 23.9. The Kier molecular flexibility index (Phi) is 3.91. The van der Waals surface area contributed by atoms with E-state index in [9.17, 15) is 9.59 Å². The van der Waals surface area contributed by atoms with Crippen LogP contribution in [0.25, 0.3) is 16.7 Å². The summed E-state index contributed by atoms with van der Waals surface area (Å²) in [5, 5.41) is 8.85. The van der Waals surface area contributed by atoms with Crippen molar-refractivity contribution in [2.45, 2.75) is 23.9 Å². The summed E-state index contributed by atoms with van der Waals surface area (Å²) in [7, 11) is 0. The number of thioether (sulfide) groups is 1. The Hall–Kier alpha value is -2.61. The second-order valence-corrected chi connectivity index (χ2v) is 6.31. The van der Waals surface area contributed by atoms with Gasteiger partial charge in [0, 0.05) is 6.54 Å². The molecule has 118 valence electrons. The van der Waals surface area contributed by atoms with Crippen LogP contribution in [0.4, 0.5) is 0 Å². The molecule has 23 heavy (non-hydrogen) atoms. The molecular weight excluding hydrogens is 314 g/mol. The minimum absolute atomic E-state index is 0.153. The summed E-state index contributed by atoms with van der Waals surface area (Å²) < 4.78 is 3.27. The number of para-hydroxylation sites is 1. The molecule has 0 unspecified atom stereocenters.